The van der Waals surface area contributed by atoms with Gasteiger partial charge in [0, 0.05) is 19.6 Å². The summed E-state index contributed by atoms with van der Waals surface area (Å²) in [6.07, 6.45) is 1.22. The van der Waals surface area contributed by atoms with Gasteiger partial charge in [-0.05, 0) is 47.7 Å². The number of thioether (sulfide) groups is 1. The maximum atomic E-state index is 4.39. The average Bonchev–Trinajstić information content (AvgIpc) is 2.51. The van der Waals surface area contributed by atoms with E-state index in [0.29, 0.717) is 6.04 Å². The summed E-state index contributed by atoms with van der Waals surface area (Å²) in [4.78, 5) is 0. The molecule has 1 aromatic heterocycles. The van der Waals surface area contributed by atoms with E-state index in [1.165, 1.54) is 23.6 Å². The van der Waals surface area contributed by atoms with Gasteiger partial charge in [0.05, 0.1) is 15.9 Å². The van der Waals surface area contributed by atoms with Crippen LogP contribution >= 0.6 is 27.7 Å². The second-order valence-electron chi connectivity index (χ2n) is 4.24. The number of hydrogen-bond donors (Lipinski definition) is 1. The minimum atomic E-state index is 0.552. The third-order valence-corrected chi connectivity index (χ3v) is 4.74. The van der Waals surface area contributed by atoms with Crippen molar-refractivity contribution in [3.05, 3.63) is 15.9 Å². The van der Waals surface area contributed by atoms with E-state index >= 15 is 0 Å². The van der Waals surface area contributed by atoms with Gasteiger partial charge in [-0.15, -0.1) is 0 Å². The summed E-state index contributed by atoms with van der Waals surface area (Å²) in [7, 11) is 1.99. The van der Waals surface area contributed by atoms with Gasteiger partial charge in [-0.25, -0.2) is 0 Å². The van der Waals surface area contributed by atoms with Crippen molar-refractivity contribution in [1.82, 2.24) is 15.1 Å². The van der Waals surface area contributed by atoms with Gasteiger partial charge in [0.15, 0.2) is 0 Å². The van der Waals surface area contributed by atoms with Crippen LogP contribution in [0.2, 0.25) is 0 Å². The van der Waals surface area contributed by atoms with Crippen molar-refractivity contribution in [3.63, 3.8) is 0 Å². The summed E-state index contributed by atoms with van der Waals surface area (Å²) >= 11 is 5.59. The maximum absolute atomic E-state index is 4.39. The van der Waals surface area contributed by atoms with Crippen molar-refractivity contribution in [3.8, 4) is 0 Å². The minimum Gasteiger partial charge on any atom is -0.309 e. The normalized spacial score (nSPS) is 13.0. The molecular weight excluding hydrogens is 298 g/mol. The van der Waals surface area contributed by atoms with Crippen LogP contribution in [-0.2, 0) is 13.6 Å². The smallest absolute Gasteiger partial charge is 0.0739 e. The van der Waals surface area contributed by atoms with Crippen LogP contribution in [0.4, 0.5) is 0 Å². The Kier molecular flexibility index (Phi) is 6.59. The Morgan fingerprint density at radius 3 is 2.76 bits per heavy atom. The SMILES string of the molecule is CCSCCC(C)NCc1c(Br)c(C)nn1C. The number of hydrogen-bond acceptors (Lipinski definition) is 3. The number of nitrogens with one attached hydrogen (secondary N) is 1. The van der Waals surface area contributed by atoms with E-state index < -0.39 is 0 Å². The molecule has 0 amide bonds. The van der Waals surface area contributed by atoms with Crippen molar-refractivity contribution in [1.29, 1.82) is 0 Å². The number of aryl methyl sites for hydroxylation is 2. The molecule has 17 heavy (non-hydrogen) atoms. The Labute approximate surface area is 117 Å². The highest BCUT2D eigenvalue weighted by Crippen LogP contribution is 2.20. The van der Waals surface area contributed by atoms with Crippen LogP contribution in [-0.4, -0.2) is 27.3 Å². The molecule has 0 bridgehead atoms. The lowest BCUT2D eigenvalue weighted by atomic mass is 10.2. The Balaban J connectivity index is 2.39. The largest absolute Gasteiger partial charge is 0.309 e. The van der Waals surface area contributed by atoms with Gasteiger partial charge in [-0.3, -0.25) is 4.68 Å². The van der Waals surface area contributed by atoms with Crippen LogP contribution in [0.5, 0.6) is 0 Å². The minimum absolute atomic E-state index is 0.552. The summed E-state index contributed by atoms with van der Waals surface area (Å²) in [6.45, 7) is 7.34. The zero-order chi connectivity index (χ0) is 12.8. The first-order valence-corrected chi connectivity index (χ1v) is 8.00. The van der Waals surface area contributed by atoms with Gasteiger partial charge in [-0.2, -0.15) is 16.9 Å². The first-order chi connectivity index (χ1) is 8.06. The van der Waals surface area contributed by atoms with Crippen LogP contribution in [0.15, 0.2) is 4.47 Å². The molecule has 98 valence electrons. The monoisotopic (exact) mass is 319 g/mol. The lowest BCUT2D eigenvalue weighted by Gasteiger charge is -2.13. The fraction of sp³-hybridized carbons (Fsp3) is 0.750. The van der Waals surface area contributed by atoms with Crippen LogP contribution < -0.4 is 5.32 Å². The lowest BCUT2D eigenvalue weighted by molar-refractivity contribution is 0.518. The molecule has 0 aromatic carbocycles. The van der Waals surface area contributed by atoms with Gasteiger partial charge >= 0.3 is 0 Å². The lowest BCUT2D eigenvalue weighted by Crippen LogP contribution is -2.27. The van der Waals surface area contributed by atoms with Crippen molar-refractivity contribution in [2.75, 3.05) is 11.5 Å². The van der Waals surface area contributed by atoms with E-state index in [1.807, 2.05) is 30.4 Å². The summed E-state index contributed by atoms with van der Waals surface area (Å²) in [6, 6.07) is 0.552. The Bertz CT molecular complexity index is 352. The highest BCUT2D eigenvalue weighted by molar-refractivity contribution is 9.10. The van der Waals surface area contributed by atoms with Gasteiger partial charge in [-0.1, -0.05) is 6.92 Å². The second-order valence-corrected chi connectivity index (χ2v) is 6.42. The summed E-state index contributed by atoms with van der Waals surface area (Å²) in [5.74, 6) is 2.44. The maximum Gasteiger partial charge on any atom is 0.0739 e. The molecule has 0 radical (unpaired) electrons. The highest BCUT2D eigenvalue weighted by Gasteiger charge is 2.11. The van der Waals surface area contributed by atoms with Crippen LogP contribution in [0.3, 0.4) is 0 Å². The van der Waals surface area contributed by atoms with Crippen LogP contribution in [0, 0.1) is 6.92 Å². The third kappa shape index (κ3) is 4.64. The molecule has 0 aliphatic rings. The van der Waals surface area contributed by atoms with Crippen molar-refractivity contribution in [2.45, 2.75) is 39.8 Å². The predicted molar refractivity (Wildman–Crippen MR) is 79.6 cm³/mol. The molecule has 1 heterocycles. The standard InChI is InChI=1S/C12H22BrN3S/c1-5-17-7-6-9(2)14-8-11-12(13)10(3)15-16(11)4/h9,14H,5-8H2,1-4H3. The molecule has 1 aromatic rings. The fourth-order valence-electron chi connectivity index (χ4n) is 1.65. The molecule has 0 spiro atoms. The van der Waals surface area contributed by atoms with E-state index in [4.69, 9.17) is 0 Å². The van der Waals surface area contributed by atoms with E-state index in [2.05, 4.69) is 40.2 Å². The quantitative estimate of drug-likeness (QED) is 0.783. The van der Waals surface area contributed by atoms with E-state index in [1.54, 1.807) is 0 Å². The number of aromatic nitrogens is 2. The molecule has 1 unspecified atom stereocenters. The van der Waals surface area contributed by atoms with Gasteiger partial charge in [0.2, 0.25) is 0 Å². The van der Waals surface area contributed by atoms with Crippen molar-refractivity contribution < 1.29 is 0 Å². The molecule has 1 N–H and O–H groups in total. The fourth-order valence-corrected chi connectivity index (χ4v) is 2.93. The molecule has 5 heteroatoms. The molecule has 0 aliphatic carbocycles. The van der Waals surface area contributed by atoms with E-state index in [-0.39, 0.29) is 0 Å². The van der Waals surface area contributed by atoms with Crippen molar-refractivity contribution >= 4 is 27.7 Å². The first-order valence-electron chi connectivity index (χ1n) is 6.05. The zero-order valence-corrected chi connectivity index (χ0v) is 13.5. The Morgan fingerprint density at radius 1 is 1.53 bits per heavy atom. The molecule has 0 aliphatic heterocycles. The van der Waals surface area contributed by atoms with Gasteiger partial charge < -0.3 is 5.32 Å². The van der Waals surface area contributed by atoms with E-state index in [0.717, 1.165) is 16.7 Å². The number of halogens is 1. The molecule has 0 fully saturated rings. The number of nitrogens with zero attached hydrogens (tertiary/aromatic N) is 2. The van der Waals surface area contributed by atoms with Gasteiger partial charge in [0.25, 0.3) is 0 Å². The van der Waals surface area contributed by atoms with Crippen molar-refractivity contribution in [2.24, 2.45) is 7.05 Å². The predicted octanol–water partition coefficient (Wildman–Crippen LogP) is 3.11. The molecule has 3 nitrogen and oxygen atoms in total. The molecule has 1 rings (SSSR count). The molecular formula is C12H22BrN3S. The summed E-state index contributed by atoms with van der Waals surface area (Å²) < 4.78 is 3.07. The first kappa shape index (κ1) is 15.1. The zero-order valence-electron chi connectivity index (χ0n) is 11.1. The average molecular weight is 320 g/mol. The number of rotatable bonds is 7. The summed E-state index contributed by atoms with van der Waals surface area (Å²) in [5.41, 5.74) is 2.27. The Morgan fingerprint density at radius 2 is 2.24 bits per heavy atom. The highest BCUT2D eigenvalue weighted by atomic mass is 79.9. The molecule has 1 atom stereocenters. The third-order valence-electron chi connectivity index (χ3n) is 2.78. The molecule has 0 saturated heterocycles. The van der Waals surface area contributed by atoms with E-state index in [9.17, 15) is 0 Å². The summed E-state index contributed by atoms with van der Waals surface area (Å²) in [5, 5.41) is 7.94. The van der Waals surface area contributed by atoms with Crippen LogP contribution in [0.25, 0.3) is 0 Å². The van der Waals surface area contributed by atoms with Crippen LogP contribution in [0.1, 0.15) is 31.7 Å². The second kappa shape index (κ2) is 7.44. The van der Waals surface area contributed by atoms with Gasteiger partial charge in [0.1, 0.15) is 0 Å². The topological polar surface area (TPSA) is 29.9 Å². The molecule has 0 saturated carbocycles. The Hall–Kier alpha value is 0.